The van der Waals surface area contributed by atoms with Crippen LogP contribution in [0.2, 0.25) is 0 Å². The number of para-hydroxylation sites is 5. The molecule has 2 aromatic heterocycles. The summed E-state index contributed by atoms with van der Waals surface area (Å²) in [6.45, 7) is 0. The SMILES string of the molecule is c1ccc(N(c2ccc3c(c2)-c2ccccc2C32c3ccccc3-n3c4ccccc4c4c3c2cc2c3ccccc3n(-c3ccccc3)c24)c2ccc3ccccc3c2)cc1. The molecule has 0 saturated carbocycles. The maximum atomic E-state index is 2.57. The number of rotatable bonds is 4. The Morgan fingerprint density at radius 2 is 0.952 bits per heavy atom. The van der Waals surface area contributed by atoms with Gasteiger partial charge < -0.3 is 14.0 Å². The summed E-state index contributed by atoms with van der Waals surface area (Å²) in [5, 5.41) is 7.53. The first kappa shape index (κ1) is 33.7. The van der Waals surface area contributed by atoms with Crippen LogP contribution in [0.15, 0.2) is 224 Å². The number of hydrogen-bond acceptors (Lipinski definition) is 1. The minimum absolute atomic E-state index is 0.589. The minimum Gasteiger partial charge on any atom is -0.310 e. The van der Waals surface area contributed by atoms with Crippen molar-refractivity contribution >= 4 is 71.4 Å². The first-order valence-electron chi connectivity index (χ1n) is 21.5. The normalized spacial score (nSPS) is 14.8. The molecule has 1 spiro atoms. The van der Waals surface area contributed by atoms with Gasteiger partial charge in [-0.2, -0.15) is 0 Å². The molecule has 3 nitrogen and oxygen atoms in total. The fourth-order valence-corrected chi connectivity index (χ4v) is 11.4. The van der Waals surface area contributed by atoms with E-state index in [1.807, 2.05) is 0 Å². The first-order chi connectivity index (χ1) is 30.8. The molecule has 0 bridgehead atoms. The van der Waals surface area contributed by atoms with Crippen LogP contribution in [-0.4, -0.2) is 9.13 Å². The Morgan fingerprint density at radius 3 is 1.79 bits per heavy atom. The highest BCUT2D eigenvalue weighted by Gasteiger charge is 2.51. The van der Waals surface area contributed by atoms with Crippen LogP contribution in [0.5, 0.6) is 0 Å². The Morgan fingerprint density at radius 1 is 0.339 bits per heavy atom. The van der Waals surface area contributed by atoms with Gasteiger partial charge in [0, 0.05) is 44.3 Å². The first-order valence-corrected chi connectivity index (χ1v) is 21.5. The Hall–Kier alpha value is -8.14. The summed E-state index contributed by atoms with van der Waals surface area (Å²) < 4.78 is 5.07. The van der Waals surface area contributed by atoms with Gasteiger partial charge in [0.25, 0.3) is 0 Å². The highest BCUT2D eigenvalue weighted by Crippen LogP contribution is 2.62. The Kier molecular flexibility index (Phi) is 6.76. The van der Waals surface area contributed by atoms with Crippen LogP contribution >= 0.6 is 0 Å². The van der Waals surface area contributed by atoms with Gasteiger partial charge in [0.1, 0.15) is 0 Å². The van der Waals surface area contributed by atoms with E-state index in [1.54, 1.807) is 0 Å². The number of anilines is 3. The molecular weight excluding hydrogens is 751 g/mol. The summed E-state index contributed by atoms with van der Waals surface area (Å²) >= 11 is 0. The zero-order valence-electron chi connectivity index (χ0n) is 33.7. The molecule has 3 heterocycles. The van der Waals surface area contributed by atoms with E-state index in [0.717, 1.165) is 22.7 Å². The van der Waals surface area contributed by atoms with Crippen LogP contribution in [0.1, 0.15) is 22.3 Å². The van der Waals surface area contributed by atoms with Crippen molar-refractivity contribution in [2.45, 2.75) is 5.41 Å². The predicted octanol–water partition coefficient (Wildman–Crippen LogP) is 15.2. The van der Waals surface area contributed by atoms with E-state index in [0.29, 0.717) is 0 Å². The van der Waals surface area contributed by atoms with Gasteiger partial charge in [-0.25, -0.2) is 0 Å². The second kappa shape index (κ2) is 12.4. The van der Waals surface area contributed by atoms with Crippen molar-refractivity contribution in [1.29, 1.82) is 0 Å². The van der Waals surface area contributed by atoms with Crippen LogP contribution in [0.3, 0.4) is 0 Å². The molecule has 12 aromatic rings. The lowest BCUT2D eigenvalue weighted by Gasteiger charge is -2.40. The molecule has 1 unspecified atom stereocenters. The van der Waals surface area contributed by atoms with Crippen molar-refractivity contribution in [2.75, 3.05) is 4.90 Å². The largest absolute Gasteiger partial charge is 0.310 e. The Balaban J connectivity index is 1.13. The van der Waals surface area contributed by atoms with Gasteiger partial charge in [0.15, 0.2) is 0 Å². The van der Waals surface area contributed by atoms with Gasteiger partial charge in [-0.3, -0.25) is 0 Å². The molecule has 1 aliphatic carbocycles. The van der Waals surface area contributed by atoms with E-state index in [9.17, 15) is 0 Å². The van der Waals surface area contributed by atoms with Crippen LogP contribution in [-0.2, 0) is 5.41 Å². The average Bonchev–Trinajstić information content (AvgIpc) is 3.96. The molecule has 1 aliphatic heterocycles. The van der Waals surface area contributed by atoms with Crippen molar-refractivity contribution in [1.82, 2.24) is 9.13 Å². The molecule has 0 amide bonds. The molecule has 14 rings (SSSR count). The number of fused-ring (bicyclic) bond motifs is 17. The smallest absolute Gasteiger partial charge is 0.0754 e. The molecule has 1 atom stereocenters. The van der Waals surface area contributed by atoms with E-state index in [4.69, 9.17) is 0 Å². The van der Waals surface area contributed by atoms with Gasteiger partial charge in [0.2, 0.25) is 0 Å². The van der Waals surface area contributed by atoms with Gasteiger partial charge in [-0.1, -0.05) is 152 Å². The van der Waals surface area contributed by atoms with Crippen molar-refractivity contribution in [3.05, 3.63) is 247 Å². The fourth-order valence-electron chi connectivity index (χ4n) is 11.4. The molecule has 62 heavy (non-hydrogen) atoms. The summed E-state index contributed by atoms with van der Waals surface area (Å²) in [6.07, 6.45) is 0. The standard InChI is InChI=1S/C59H37N3/c1-3-19-40(20-4-1)60(42-32-31-38-17-7-8-18-39(38)35-42)43-33-34-50-47(36-43)44-23-9-12-26-49(44)59(50)51-27-13-16-30-55(51)62-54-29-15-11-25-46(54)56-57-48(37-52(59)58(56)62)45-24-10-14-28-53(45)61(57)41-21-5-2-6-22-41/h1-37H. The third-order valence-corrected chi connectivity index (χ3v) is 13.8. The maximum Gasteiger partial charge on any atom is 0.0754 e. The summed E-state index contributed by atoms with van der Waals surface area (Å²) in [5.41, 5.74) is 17.9. The molecule has 3 heteroatoms. The average molecular weight is 788 g/mol. The predicted molar refractivity (Wildman–Crippen MR) is 258 cm³/mol. The lowest BCUT2D eigenvalue weighted by Crippen LogP contribution is -2.33. The van der Waals surface area contributed by atoms with Gasteiger partial charge in [-0.15, -0.1) is 0 Å². The van der Waals surface area contributed by atoms with E-state index in [-0.39, 0.29) is 0 Å². The Labute approximate surface area is 358 Å². The zero-order valence-corrected chi connectivity index (χ0v) is 33.7. The molecule has 10 aromatic carbocycles. The van der Waals surface area contributed by atoms with Crippen molar-refractivity contribution in [3.63, 3.8) is 0 Å². The summed E-state index contributed by atoms with van der Waals surface area (Å²) in [4.78, 5) is 2.41. The summed E-state index contributed by atoms with van der Waals surface area (Å²) in [5.74, 6) is 0. The number of aromatic nitrogens is 2. The lowest BCUT2D eigenvalue weighted by molar-refractivity contribution is 0.749. The fraction of sp³-hybridized carbons (Fsp3) is 0.0169. The molecule has 0 N–H and O–H groups in total. The summed E-state index contributed by atoms with van der Waals surface area (Å²) in [7, 11) is 0. The molecule has 0 saturated heterocycles. The van der Waals surface area contributed by atoms with Gasteiger partial charge in [-0.05, 0) is 117 Å². The molecule has 0 fully saturated rings. The third-order valence-electron chi connectivity index (χ3n) is 13.8. The second-order valence-electron chi connectivity index (χ2n) is 16.8. The zero-order chi connectivity index (χ0) is 40.5. The summed E-state index contributed by atoms with van der Waals surface area (Å²) in [6, 6.07) is 83.3. The van der Waals surface area contributed by atoms with Crippen molar-refractivity contribution in [2.24, 2.45) is 0 Å². The molecule has 288 valence electrons. The maximum absolute atomic E-state index is 2.57. The van der Waals surface area contributed by atoms with E-state index in [2.05, 4.69) is 238 Å². The third kappa shape index (κ3) is 4.29. The van der Waals surface area contributed by atoms with Crippen molar-refractivity contribution < 1.29 is 0 Å². The monoisotopic (exact) mass is 787 g/mol. The quantitative estimate of drug-likeness (QED) is 0.173. The second-order valence-corrected chi connectivity index (χ2v) is 16.8. The lowest BCUT2D eigenvalue weighted by atomic mass is 9.65. The van der Waals surface area contributed by atoms with E-state index >= 15 is 0 Å². The van der Waals surface area contributed by atoms with E-state index in [1.165, 1.54) is 93.5 Å². The van der Waals surface area contributed by atoms with Crippen LogP contribution in [0.25, 0.3) is 76.9 Å². The highest BCUT2D eigenvalue weighted by atomic mass is 15.1. The Bertz CT molecular complexity index is 3820. The minimum atomic E-state index is -0.589. The van der Waals surface area contributed by atoms with Crippen LogP contribution < -0.4 is 4.90 Å². The van der Waals surface area contributed by atoms with E-state index < -0.39 is 5.41 Å². The molecule has 0 radical (unpaired) electrons. The van der Waals surface area contributed by atoms with Gasteiger partial charge in [0.05, 0.1) is 33.2 Å². The molecular formula is C59H37N3. The van der Waals surface area contributed by atoms with Crippen LogP contribution in [0.4, 0.5) is 17.1 Å². The topological polar surface area (TPSA) is 13.1 Å². The number of nitrogens with zero attached hydrogens (tertiary/aromatic N) is 3. The highest BCUT2D eigenvalue weighted by molar-refractivity contribution is 6.28. The number of benzene rings is 10. The van der Waals surface area contributed by atoms with Crippen LogP contribution in [0, 0.1) is 0 Å². The number of hydrogen-bond donors (Lipinski definition) is 0. The molecule has 2 aliphatic rings. The van der Waals surface area contributed by atoms with Crippen molar-refractivity contribution in [3.8, 4) is 22.5 Å². The van der Waals surface area contributed by atoms with Gasteiger partial charge >= 0.3 is 0 Å².